The number of methoxy groups -OCH3 is 1. The third kappa shape index (κ3) is 4.36. The van der Waals surface area contributed by atoms with Gasteiger partial charge in [-0.1, -0.05) is 16.6 Å². The van der Waals surface area contributed by atoms with Crippen LogP contribution in [0.5, 0.6) is 5.75 Å². The number of ether oxygens (including phenoxy) is 1. The number of aromatic nitrogens is 4. The summed E-state index contributed by atoms with van der Waals surface area (Å²) in [7, 11) is 5.55. The molecule has 162 valence electrons. The van der Waals surface area contributed by atoms with Crippen molar-refractivity contribution in [3.05, 3.63) is 46.7 Å². The minimum atomic E-state index is 0.0259. The molecule has 31 heavy (non-hydrogen) atoms. The maximum atomic E-state index is 12.8. The van der Waals surface area contributed by atoms with Crippen LogP contribution in [0, 0.1) is 6.92 Å². The molecule has 0 saturated carbocycles. The Hall–Kier alpha value is -3.07. The van der Waals surface area contributed by atoms with Crippen molar-refractivity contribution in [1.82, 2.24) is 24.5 Å². The average Bonchev–Trinajstić information content (AvgIpc) is 3.24. The van der Waals surface area contributed by atoms with Gasteiger partial charge in [-0.3, -0.25) is 4.79 Å². The van der Waals surface area contributed by atoms with Gasteiger partial charge in [0.25, 0.3) is 5.91 Å². The minimum Gasteiger partial charge on any atom is -0.497 e. The number of likely N-dealkylation sites (tertiary alicyclic amines) is 1. The second-order valence-corrected chi connectivity index (χ2v) is 8.60. The number of hydrogen-bond acceptors (Lipinski definition) is 8. The Morgan fingerprint density at radius 3 is 2.48 bits per heavy atom. The molecule has 1 amide bonds. The van der Waals surface area contributed by atoms with E-state index in [4.69, 9.17) is 9.72 Å². The van der Waals surface area contributed by atoms with Crippen LogP contribution in [0.3, 0.4) is 0 Å². The standard InChI is InChI=1S/C22H26N6O2S/c1-14-20(31-26-25-14)21(29)28-11-9-16(10-12-28)19-18(13-23-22(24-19)27(2)3)15-5-7-17(30-4)8-6-15/h5-8,13,16H,9-12H2,1-4H3. The van der Waals surface area contributed by atoms with Crippen LogP contribution in [-0.2, 0) is 0 Å². The first-order valence-electron chi connectivity index (χ1n) is 10.2. The molecule has 1 aliphatic rings. The van der Waals surface area contributed by atoms with Crippen LogP contribution in [0.4, 0.5) is 5.95 Å². The number of aryl methyl sites for hydroxylation is 1. The fourth-order valence-electron chi connectivity index (χ4n) is 3.83. The van der Waals surface area contributed by atoms with Crippen LogP contribution < -0.4 is 9.64 Å². The number of amides is 1. The molecule has 0 N–H and O–H groups in total. The van der Waals surface area contributed by atoms with Crippen LogP contribution in [0.25, 0.3) is 11.1 Å². The monoisotopic (exact) mass is 438 g/mol. The first-order valence-corrected chi connectivity index (χ1v) is 11.0. The number of carbonyl (C=O) groups excluding carboxylic acids is 1. The highest BCUT2D eigenvalue weighted by Crippen LogP contribution is 2.35. The van der Waals surface area contributed by atoms with Crippen molar-refractivity contribution in [2.45, 2.75) is 25.7 Å². The maximum absolute atomic E-state index is 12.8. The van der Waals surface area contributed by atoms with Gasteiger partial charge in [0.2, 0.25) is 5.95 Å². The van der Waals surface area contributed by atoms with Crippen molar-refractivity contribution in [3.8, 4) is 16.9 Å². The van der Waals surface area contributed by atoms with E-state index in [2.05, 4.69) is 14.6 Å². The molecular formula is C22H26N6O2S. The van der Waals surface area contributed by atoms with Crippen molar-refractivity contribution in [3.63, 3.8) is 0 Å². The Morgan fingerprint density at radius 1 is 1.19 bits per heavy atom. The molecule has 8 nitrogen and oxygen atoms in total. The molecule has 1 aliphatic heterocycles. The number of carbonyl (C=O) groups is 1. The number of hydrogen-bond donors (Lipinski definition) is 0. The summed E-state index contributed by atoms with van der Waals surface area (Å²) in [4.78, 5) is 26.7. The molecule has 0 spiro atoms. The van der Waals surface area contributed by atoms with Gasteiger partial charge in [0.15, 0.2) is 0 Å². The number of piperidine rings is 1. The molecule has 0 radical (unpaired) electrons. The van der Waals surface area contributed by atoms with Crippen molar-refractivity contribution < 1.29 is 9.53 Å². The van der Waals surface area contributed by atoms with Crippen LogP contribution in [0.2, 0.25) is 0 Å². The van der Waals surface area contributed by atoms with Crippen LogP contribution in [0.1, 0.15) is 39.8 Å². The van der Waals surface area contributed by atoms with Gasteiger partial charge in [0, 0.05) is 44.9 Å². The predicted octanol–water partition coefficient (Wildman–Crippen LogP) is 3.40. The predicted molar refractivity (Wildman–Crippen MR) is 121 cm³/mol. The zero-order chi connectivity index (χ0) is 22.0. The van der Waals surface area contributed by atoms with Crippen molar-refractivity contribution in [2.24, 2.45) is 0 Å². The summed E-state index contributed by atoms with van der Waals surface area (Å²) in [6.07, 6.45) is 3.61. The molecule has 1 saturated heterocycles. The third-order valence-corrected chi connectivity index (χ3v) is 6.44. The summed E-state index contributed by atoms with van der Waals surface area (Å²) in [5.74, 6) is 1.79. The van der Waals surface area contributed by atoms with Crippen molar-refractivity contribution in [1.29, 1.82) is 0 Å². The van der Waals surface area contributed by atoms with E-state index in [1.165, 1.54) is 11.5 Å². The summed E-state index contributed by atoms with van der Waals surface area (Å²) in [5.41, 5.74) is 3.82. The van der Waals surface area contributed by atoms with Gasteiger partial charge in [-0.05, 0) is 49.0 Å². The largest absolute Gasteiger partial charge is 0.497 e. The smallest absolute Gasteiger partial charge is 0.267 e. The summed E-state index contributed by atoms with van der Waals surface area (Å²) in [5, 5.41) is 3.97. The summed E-state index contributed by atoms with van der Waals surface area (Å²) in [6.45, 7) is 3.20. The molecule has 1 fully saturated rings. The van der Waals surface area contributed by atoms with E-state index in [1.807, 2.05) is 61.3 Å². The van der Waals surface area contributed by atoms with E-state index in [0.717, 1.165) is 35.4 Å². The van der Waals surface area contributed by atoms with Gasteiger partial charge in [-0.2, -0.15) is 0 Å². The normalized spacial score (nSPS) is 14.5. The number of benzene rings is 1. The molecule has 9 heteroatoms. The first-order chi connectivity index (χ1) is 15.0. The lowest BCUT2D eigenvalue weighted by atomic mass is 9.89. The lowest BCUT2D eigenvalue weighted by molar-refractivity contribution is 0.0716. The molecule has 0 bridgehead atoms. The topological polar surface area (TPSA) is 84.3 Å². The fourth-order valence-corrected chi connectivity index (χ4v) is 4.46. The van der Waals surface area contributed by atoms with Gasteiger partial charge in [-0.15, -0.1) is 5.10 Å². The number of nitrogens with zero attached hydrogens (tertiary/aromatic N) is 6. The Bertz CT molecular complexity index is 1060. The third-order valence-electron chi connectivity index (χ3n) is 5.62. The molecule has 3 heterocycles. The zero-order valence-electron chi connectivity index (χ0n) is 18.2. The summed E-state index contributed by atoms with van der Waals surface area (Å²) < 4.78 is 9.19. The van der Waals surface area contributed by atoms with E-state index in [9.17, 15) is 4.79 Å². The fraction of sp³-hybridized carbons (Fsp3) is 0.409. The highest BCUT2D eigenvalue weighted by molar-refractivity contribution is 7.07. The van der Waals surface area contributed by atoms with E-state index < -0.39 is 0 Å². The molecule has 1 aromatic carbocycles. The maximum Gasteiger partial charge on any atom is 0.267 e. The molecule has 0 atom stereocenters. The van der Waals surface area contributed by atoms with Crippen LogP contribution in [0.15, 0.2) is 30.5 Å². The van der Waals surface area contributed by atoms with E-state index in [1.54, 1.807) is 7.11 Å². The SMILES string of the molecule is COc1ccc(-c2cnc(N(C)C)nc2C2CCN(C(=O)c3snnc3C)CC2)cc1. The summed E-state index contributed by atoms with van der Waals surface area (Å²) >= 11 is 1.17. The number of anilines is 1. The van der Waals surface area contributed by atoms with Gasteiger partial charge in [0.1, 0.15) is 10.6 Å². The Labute approximate surface area is 186 Å². The minimum absolute atomic E-state index is 0.0259. The molecule has 3 aromatic rings. The van der Waals surface area contributed by atoms with Crippen molar-refractivity contribution in [2.75, 3.05) is 39.2 Å². The van der Waals surface area contributed by atoms with Gasteiger partial charge in [0.05, 0.1) is 18.5 Å². The second kappa shape index (κ2) is 8.97. The lowest BCUT2D eigenvalue weighted by Crippen LogP contribution is -2.38. The van der Waals surface area contributed by atoms with E-state index in [-0.39, 0.29) is 11.8 Å². The average molecular weight is 439 g/mol. The zero-order valence-corrected chi connectivity index (χ0v) is 19.0. The highest BCUT2D eigenvalue weighted by Gasteiger charge is 2.29. The summed E-state index contributed by atoms with van der Waals surface area (Å²) in [6, 6.07) is 7.97. The second-order valence-electron chi connectivity index (χ2n) is 7.85. The van der Waals surface area contributed by atoms with Gasteiger partial charge >= 0.3 is 0 Å². The molecular weight excluding hydrogens is 412 g/mol. The van der Waals surface area contributed by atoms with Crippen LogP contribution in [-0.4, -0.2) is 64.7 Å². The quantitative estimate of drug-likeness (QED) is 0.604. The van der Waals surface area contributed by atoms with Gasteiger partial charge < -0.3 is 14.5 Å². The molecule has 0 aliphatic carbocycles. The Balaban J connectivity index is 1.58. The van der Waals surface area contributed by atoms with Gasteiger partial charge in [-0.25, -0.2) is 9.97 Å². The number of rotatable bonds is 5. The molecule has 2 aromatic heterocycles. The molecule has 0 unspecified atom stereocenters. The molecule has 4 rings (SSSR count). The first kappa shape index (κ1) is 21.2. The van der Waals surface area contributed by atoms with E-state index in [0.29, 0.717) is 29.6 Å². The van der Waals surface area contributed by atoms with Crippen LogP contribution >= 0.6 is 11.5 Å². The van der Waals surface area contributed by atoms with E-state index >= 15 is 0 Å². The Kier molecular flexibility index (Phi) is 6.13. The highest BCUT2D eigenvalue weighted by atomic mass is 32.1. The van der Waals surface area contributed by atoms with Crippen molar-refractivity contribution >= 4 is 23.4 Å². The lowest BCUT2D eigenvalue weighted by Gasteiger charge is -2.32. The Morgan fingerprint density at radius 2 is 1.90 bits per heavy atom.